The first-order chi connectivity index (χ1) is 6.63. The van der Waals surface area contributed by atoms with Crippen LogP contribution in [-0.4, -0.2) is 12.3 Å². The smallest absolute Gasteiger partial charge is 0.158 e. The average molecular weight is 193 g/mol. The van der Waals surface area contributed by atoms with E-state index < -0.39 is 0 Å². The van der Waals surface area contributed by atoms with Crippen molar-refractivity contribution in [2.24, 2.45) is 0 Å². The zero-order valence-corrected chi connectivity index (χ0v) is 9.31. The molecule has 2 heteroatoms. The van der Waals surface area contributed by atoms with Crippen LogP contribution in [-0.2, 0) is 4.79 Å². The van der Waals surface area contributed by atoms with Crippen LogP contribution < -0.4 is 5.32 Å². The van der Waals surface area contributed by atoms with Crippen LogP contribution in [0.3, 0.4) is 0 Å². The van der Waals surface area contributed by atoms with Gasteiger partial charge in [0.05, 0.1) is 0 Å². The number of unbranched alkanes of at least 4 members (excludes halogenated alkanes) is 1. The van der Waals surface area contributed by atoms with Gasteiger partial charge in [0.15, 0.2) is 5.78 Å². The summed E-state index contributed by atoms with van der Waals surface area (Å²) in [5.41, 5.74) is 1.65. The Kier molecular flexibility index (Phi) is 6.57. The molecule has 0 aliphatic rings. The lowest BCUT2D eigenvalue weighted by atomic mass is 10.1. The van der Waals surface area contributed by atoms with Gasteiger partial charge in [-0.05, 0) is 20.3 Å². The standard InChI is InChI=1S/C12H19NO/c1-5-7-9-13-10(3)12(8-6-2)11(4)14/h2,13H,5,7-9H2,1,3-4H3/b12-10-. The normalized spacial score (nSPS) is 11.6. The highest BCUT2D eigenvalue weighted by atomic mass is 16.1. The van der Waals surface area contributed by atoms with Gasteiger partial charge in [0.2, 0.25) is 0 Å². The number of Topliss-reactive ketones (excluding diaryl/α,β-unsaturated/α-hetero) is 1. The lowest BCUT2D eigenvalue weighted by molar-refractivity contribution is -0.113. The summed E-state index contributed by atoms with van der Waals surface area (Å²) in [7, 11) is 0. The molecular formula is C12H19NO. The first-order valence-corrected chi connectivity index (χ1v) is 5.01. The van der Waals surface area contributed by atoms with Crippen LogP contribution in [0.4, 0.5) is 0 Å². The van der Waals surface area contributed by atoms with Gasteiger partial charge in [-0.1, -0.05) is 13.3 Å². The monoisotopic (exact) mass is 193 g/mol. The summed E-state index contributed by atoms with van der Waals surface area (Å²) >= 11 is 0. The summed E-state index contributed by atoms with van der Waals surface area (Å²) in [4.78, 5) is 11.2. The van der Waals surface area contributed by atoms with Gasteiger partial charge in [0.25, 0.3) is 0 Å². The lowest BCUT2D eigenvalue weighted by Crippen LogP contribution is -2.16. The quantitative estimate of drug-likeness (QED) is 0.398. The molecule has 0 atom stereocenters. The van der Waals surface area contributed by atoms with E-state index in [0.29, 0.717) is 6.42 Å². The highest BCUT2D eigenvalue weighted by molar-refractivity contribution is 5.94. The summed E-state index contributed by atoms with van der Waals surface area (Å²) in [6.07, 6.45) is 7.87. The molecule has 0 heterocycles. The highest BCUT2D eigenvalue weighted by Crippen LogP contribution is 2.07. The van der Waals surface area contributed by atoms with Crippen LogP contribution in [0.25, 0.3) is 0 Å². The van der Waals surface area contributed by atoms with Crippen molar-refractivity contribution in [3.8, 4) is 12.3 Å². The van der Waals surface area contributed by atoms with Gasteiger partial charge >= 0.3 is 0 Å². The number of ketones is 1. The molecule has 0 bridgehead atoms. The zero-order chi connectivity index (χ0) is 11.0. The highest BCUT2D eigenvalue weighted by Gasteiger charge is 2.06. The van der Waals surface area contributed by atoms with Crippen molar-refractivity contribution >= 4 is 5.78 Å². The third-order valence-corrected chi connectivity index (χ3v) is 2.08. The molecule has 0 aliphatic carbocycles. The molecular weight excluding hydrogens is 174 g/mol. The third-order valence-electron chi connectivity index (χ3n) is 2.08. The fourth-order valence-corrected chi connectivity index (χ4v) is 1.18. The maximum absolute atomic E-state index is 11.2. The molecule has 0 aromatic carbocycles. The van der Waals surface area contributed by atoms with E-state index in [4.69, 9.17) is 6.42 Å². The number of allylic oxidation sites excluding steroid dienone is 2. The van der Waals surface area contributed by atoms with Gasteiger partial charge in [0, 0.05) is 24.2 Å². The van der Waals surface area contributed by atoms with Gasteiger partial charge < -0.3 is 5.32 Å². The Hall–Kier alpha value is -1.23. The fraction of sp³-hybridized carbons (Fsp3) is 0.583. The second-order valence-electron chi connectivity index (χ2n) is 3.32. The van der Waals surface area contributed by atoms with Crippen molar-refractivity contribution in [2.75, 3.05) is 6.54 Å². The van der Waals surface area contributed by atoms with Crippen LogP contribution in [0.1, 0.15) is 40.0 Å². The third kappa shape index (κ3) is 4.71. The van der Waals surface area contributed by atoms with Crippen molar-refractivity contribution in [3.05, 3.63) is 11.3 Å². The van der Waals surface area contributed by atoms with Gasteiger partial charge in [-0.25, -0.2) is 0 Å². The Balaban J connectivity index is 4.33. The van der Waals surface area contributed by atoms with E-state index >= 15 is 0 Å². The Morgan fingerprint density at radius 1 is 1.43 bits per heavy atom. The fourth-order valence-electron chi connectivity index (χ4n) is 1.18. The summed E-state index contributed by atoms with van der Waals surface area (Å²) in [5, 5.41) is 3.21. The largest absolute Gasteiger partial charge is 0.388 e. The summed E-state index contributed by atoms with van der Waals surface area (Å²) in [6, 6.07) is 0. The van der Waals surface area contributed by atoms with Crippen LogP contribution in [0.15, 0.2) is 11.3 Å². The molecule has 0 unspecified atom stereocenters. The molecule has 0 rings (SSSR count). The van der Waals surface area contributed by atoms with E-state index in [1.54, 1.807) is 6.92 Å². The van der Waals surface area contributed by atoms with Gasteiger partial charge in [-0.3, -0.25) is 4.79 Å². The molecule has 0 spiro atoms. The van der Waals surface area contributed by atoms with Crippen LogP contribution in [0.5, 0.6) is 0 Å². The molecule has 0 radical (unpaired) electrons. The molecule has 0 amide bonds. The zero-order valence-electron chi connectivity index (χ0n) is 9.31. The van der Waals surface area contributed by atoms with E-state index in [1.807, 2.05) is 6.92 Å². The summed E-state index contributed by atoms with van der Waals surface area (Å²) in [6.45, 7) is 6.50. The first-order valence-electron chi connectivity index (χ1n) is 5.01. The Morgan fingerprint density at radius 3 is 2.50 bits per heavy atom. The number of rotatable bonds is 6. The SMILES string of the molecule is C#CC/C(C(C)=O)=C(\C)NCCCC. The molecule has 0 fully saturated rings. The van der Waals surface area contributed by atoms with E-state index in [0.717, 1.165) is 30.7 Å². The van der Waals surface area contributed by atoms with Crippen molar-refractivity contribution in [1.29, 1.82) is 0 Å². The molecule has 14 heavy (non-hydrogen) atoms. The number of carbonyl (C=O) groups is 1. The topological polar surface area (TPSA) is 29.1 Å². The molecule has 0 saturated heterocycles. The van der Waals surface area contributed by atoms with Gasteiger partial charge in [0.1, 0.15) is 0 Å². The number of carbonyl (C=O) groups excluding carboxylic acids is 1. The molecule has 0 aromatic rings. The predicted molar refractivity (Wildman–Crippen MR) is 59.7 cm³/mol. The maximum atomic E-state index is 11.2. The molecule has 1 N–H and O–H groups in total. The van der Waals surface area contributed by atoms with Gasteiger partial charge in [-0.15, -0.1) is 12.3 Å². The average Bonchev–Trinajstić information content (AvgIpc) is 2.13. The number of nitrogens with one attached hydrogen (secondary N) is 1. The molecule has 78 valence electrons. The second kappa shape index (κ2) is 7.20. The van der Waals surface area contributed by atoms with E-state index in [1.165, 1.54) is 0 Å². The minimum Gasteiger partial charge on any atom is -0.388 e. The second-order valence-corrected chi connectivity index (χ2v) is 3.32. The van der Waals surface area contributed by atoms with E-state index in [2.05, 4.69) is 18.2 Å². The Morgan fingerprint density at radius 2 is 2.07 bits per heavy atom. The van der Waals surface area contributed by atoms with Crippen molar-refractivity contribution in [2.45, 2.75) is 40.0 Å². The van der Waals surface area contributed by atoms with Crippen LogP contribution >= 0.6 is 0 Å². The van der Waals surface area contributed by atoms with E-state index in [9.17, 15) is 4.79 Å². The number of terminal acetylenes is 1. The molecule has 2 nitrogen and oxygen atoms in total. The maximum Gasteiger partial charge on any atom is 0.158 e. The van der Waals surface area contributed by atoms with Crippen molar-refractivity contribution in [3.63, 3.8) is 0 Å². The molecule has 0 aromatic heterocycles. The van der Waals surface area contributed by atoms with E-state index in [-0.39, 0.29) is 5.78 Å². The van der Waals surface area contributed by atoms with Crippen LogP contribution in [0, 0.1) is 12.3 Å². The Bertz CT molecular complexity index is 258. The minimum absolute atomic E-state index is 0.0597. The predicted octanol–water partition coefficient (Wildman–Crippen LogP) is 2.26. The molecule has 0 saturated carbocycles. The lowest BCUT2D eigenvalue weighted by Gasteiger charge is -2.09. The number of hydrogen-bond acceptors (Lipinski definition) is 2. The van der Waals surface area contributed by atoms with Crippen molar-refractivity contribution in [1.82, 2.24) is 5.32 Å². The molecule has 0 aliphatic heterocycles. The Labute approximate surface area is 86.8 Å². The number of hydrogen-bond donors (Lipinski definition) is 1. The van der Waals surface area contributed by atoms with Crippen molar-refractivity contribution < 1.29 is 4.79 Å². The minimum atomic E-state index is 0.0597. The van der Waals surface area contributed by atoms with Crippen LogP contribution in [0.2, 0.25) is 0 Å². The first kappa shape index (κ1) is 12.8. The van der Waals surface area contributed by atoms with Gasteiger partial charge in [-0.2, -0.15) is 0 Å². The summed E-state index contributed by atoms with van der Waals surface area (Å²) < 4.78 is 0. The summed E-state index contributed by atoms with van der Waals surface area (Å²) in [5.74, 6) is 2.56.